The van der Waals surface area contributed by atoms with E-state index in [0.717, 1.165) is 22.5 Å². The van der Waals surface area contributed by atoms with E-state index in [0.29, 0.717) is 6.54 Å². The van der Waals surface area contributed by atoms with Crippen LogP contribution < -0.4 is 10.1 Å². The van der Waals surface area contributed by atoms with Crippen molar-refractivity contribution in [3.8, 4) is 5.75 Å². The van der Waals surface area contributed by atoms with Crippen LogP contribution in [-0.2, 0) is 5.41 Å². The van der Waals surface area contributed by atoms with Crippen LogP contribution in [0.2, 0.25) is 0 Å². The third-order valence-corrected chi connectivity index (χ3v) is 6.80. The van der Waals surface area contributed by atoms with Crippen molar-refractivity contribution in [1.29, 1.82) is 0 Å². The van der Waals surface area contributed by atoms with Crippen LogP contribution in [0.15, 0.2) is 88.2 Å². The molecule has 3 nitrogen and oxygen atoms in total. The van der Waals surface area contributed by atoms with Crippen LogP contribution in [0, 0.1) is 0 Å². The maximum absolute atomic E-state index is 10.2. The number of hydrogen-bond donors (Lipinski definition) is 2. The highest BCUT2D eigenvalue weighted by Crippen LogP contribution is 2.32. The van der Waals surface area contributed by atoms with E-state index in [1.807, 2.05) is 30.3 Å². The number of hydrogen-bond acceptors (Lipinski definition) is 4. The van der Waals surface area contributed by atoms with Crippen molar-refractivity contribution in [1.82, 2.24) is 5.32 Å². The number of aliphatic hydroxyl groups is 1. The Balaban J connectivity index is 1.37. The van der Waals surface area contributed by atoms with E-state index in [-0.39, 0.29) is 12.0 Å². The van der Waals surface area contributed by atoms with Gasteiger partial charge in [0.15, 0.2) is 0 Å². The summed E-state index contributed by atoms with van der Waals surface area (Å²) in [5.41, 5.74) is 2.44. The van der Waals surface area contributed by atoms with Gasteiger partial charge in [0.25, 0.3) is 0 Å². The molecule has 0 aliphatic heterocycles. The standard InChI is InChI=1S/C26H30BrNO2S/c1-26(2,20-6-4-3-5-7-20)21-8-12-24(13-9-21)30-19-23(29)18-28-16-17-31-25-14-10-22(27)11-15-25/h3-15,23,28-29H,16-19H2,1-2H3. The molecule has 3 aromatic rings. The molecular formula is C26H30BrNO2S. The van der Waals surface area contributed by atoms with Crippen molar-refractivity contribution in [2.75, 3.05) is 25.4 Å². The third-order valence-electron chi connectivity index (χ3n) is 5.26. The number of nitrogens with one attached hydrogen (secondary N) is 1. The van der Waals surface area contributed by atoms with Gasteiger partial charge in [-0.3, -0.25) is 0 Å². The monoisotopic (exact) mass is 499 g/mol. The summed E-state index contributed by atoms with van der Waals surface area (Å²) in [7, 11) is 0. The highest BCUT2D eigenvalue weighted by molar-refractivity contribution is 9.10. The van der Waals surface area contributed by atoms with Gasteiger partial charge in [0, 0.05) is 33.6 Å². The number of aliphatic hydroxyl groups excluding tert-OH is 1. The molecule has 0 spiro atoms. The normalized spacial score (nSPS) is 12.5. The SMILES string of the molecule is CC(C)(c1ccccc1)c1ccc(OCC(O)CNCCSc2ccc(Br)cc2)cc1. The van der Waals surface area contributed by atoms with Gasteiger partial charge in [-0.25, -0.2) is 0 Å². The largest absolute Gasteiger partial charge is 0.491 e. The van der Waals surface area contributed by atoms with E-state index in [4.69, 9.17) is 4.74 Å². The first-order valence-corrected chi connectivity index (χ1v) is 12.3. The summed E-state index contributed by atoms with van der Waals surface area (Å²) in [6, 6.07) is 27.0. The molecule has 0 bridgehead atoms. The predicted octanol–water partition coefficient (Wildman–Crippen LogP) is 5.90. The maximum atomic E-state index is 10.2. The summed E-state index contributed by atoms with van der Waals surface area (Å²) in [6.07, 6.45) is -0.543. The molecule has 0 saturated heterocycles. The van der Waals surface area contributed by atoms with Gasteiger partial charge in [0.2, 0.25) is 0 Å². The first-order valence-electron chi connectivity index (χ1n) is 10.5. The van der Waals surface area contributed by atoms with Crippen LogP contribution in [0.5, 0.6) is 5.75 Å². The predicted molar refractivity (Wildman–Crippen MR) is 134 cm³/mol. The smallest absolute Gasteiger partial charge is 0.119 e. The van der Waals surface area contributed by atoms with Gasteiger partial charge in [-0.1, -0.05) is 72.2 Å². The average Bonchev–Trinajstić information content (AvgIpc) is 2.79. The number of halogens is 1. The van der Waals surface area contributed by atoms with Crippen molar-refractivity contribution >= 4 is 27.7 Å². The molecule has 0 heterocycles. The molecule has 164 valence electrons. The van der Waals surface area contributed by atoms with Crippen LogP contribution in [0.1, 0.15) is 25.0 Å². The number of benzene rings is 3. The second kappa shape index (κ2) is 11.7. The minimum atomic E-state index is -0.543. The Morgan fingerprint density at radius 2 is 1.58 bits per heavy atom. The summed E-state index contributed by atoms with van der Waals surface area (Å²) < 4.78 is 6.87. The molecule has 1 atom stereocenters. The molecule has 1 unspecified atom stereocenters. The Labute approximate surface area is 198 Å². The lowest BCUT2D eigenvalue weighted by Gasteiger charge is -2.26. The number of ether oxygens (including phenoxy) is 1. The first-order chi connectivity index (χ1) is 14.9. The molecule has 0 aliphatic rings. The van der Waals surface area contributed by atoms with Crippen LogP contribution >= 0.6 is 27.7 Å². The summed E-state index contributed by atoms with van der Waals surface area (Å²) in [4.78, 5) is 1.24. The second-order valence-electron chi connectivity index (χ2n) is 7.99. The molecule has 5 heteroatoms. The zero-order valence-corrected chi connectivity index (χ0v) is 20.5. The molecule has 2 N–H and O–H groups in total. The van der Waals surface area contributed by atoms with Crippen molar-refractivity contribution < 1.29 is 9.84 Å². The highest BCUT2D eigenvalue weighted by Gasteiger charge is 2.22. The van der Waals surface area contributed by atoms with Gasteiger partial charge in [-0.2, -0.15) is 0 Å². The zero-order chi connectivity index (χ0) is 22.1. The first kappa shape index (κ1) is 23.9. The van der Waals surface area contributed by atoms with Crippen molar-refractivity contribution in [3.63, 3.8) is 0 Å². The fourth-order valence-corrected chi connectivity index (χ4v) is 4.36. The average molecular weight is 501 g/mol. The van der Waals surface area contributed by atoms with E-state index in [1.165, 1.54) is 16.0 Å². The van der Waals surface area contributed by atoms with Crippen LogP contribution in [0.4, 0.5) is 0 Å². The summed E-state index contributed by atoms with van der Waals surface area (Å²) in [5.74, 6) is 1.73. The van der Waals surface area contributed by atoms with Crippen molar-refractivity contribution in [2.45, 2.75) is 30.3 Å². The van der Waals surface area contributed by atoms with E-state index >= 15 is 0 Å². The molecule has 3 aromatic carbocycles. The molecule has 3 rings (SSSR count). The van der Waals surface area contributed by atoms with Gasteiger partial charge in [-0.05, 0) is 47.5 Å². The second-order valence-corrected chi connectivity index (χ2v) is 10.1. The lowest BCUT2D eigenvalue weighted by atomic mass is 9.78. The number of rotatable bonds is 11. The zero-order valence-electron chi connectivity index (χ0n) is 18.1. The Hall–Kier alpha value is -1.79. The maximum Gasteiger partial charge on any atom is 0.119 e. The van der Waals surface area contributed by atoms with Crippen molar-refractivity contribution in [2.24, 2.45) is 0 Å². The van der Waals surface area contributed by atoms with Gasteiger partial charge >= 0.3 is 0 Å². The van der Waals surface area contributed by atoms with Crippen molar-refractivity contribution in [3.05, 3.63) is 94.5 Å². The van der Waals surface area contributed by atoms with E-state index in [2.05, 4.69) is 83.6 Å². The number of thioether (sulfide) groups is 1. The minimum Gasteiger partial charge on any atom is -0.491 e. The molecule has 31 heavy (non-hydrogen) atoms. The lowest BCUT2D eigenvalue weighted by Crippen LogP contribution is -2.32. The molecule has 0 saturated carbocycles. The highest BCUT2D eigenvalue weighted by atomic mass is 79.9. The topological polar surface area (TPSA) is 41.5 Å². The molecular weight excluding hydrogens is 470 g/mol. The fourth-order valence-electron chi connectivity index (χ4n) is 3.28. The van der Waals surface area contributed by atoms with E-state index < -0.39 is 6.10 Å². The summed E-state index contributed by atoms with van der Waals surface area (Å²) >= 11 is 5.24. The summed E-state index contributed by atoms with van der Waals surface area (Å²) in [6.45, 7) is 6.07. The van der Waals surface area contributed by atoms with Gasteiger partial charge in [-0.15, -0.1) is 11.8 Å². The Morgan fingerprint density at radius 1 is 0.935 bits per heavy atom. The van der Waals surface area contributed by atoms with E-state index in [9.17, 15) is 5.11 Å². The lowest BCUT2D eigenvalue weighted by molar-refractivity contribution is 0.107. The quantitative estimate of drug-likeness (QED) is 0.254. The molecule has 0 radical (unpaired) electrons. The molecule has 0 fully saturated rings. The van der Waals surface area contributed by atoms with Gasteiger partial charge < -0.3 is 15.2 Å². The van der Waals surface area contributed by atoms with E-state index in [1.54, 1.807) is 11.8 Å². The Bertz CT molecular complexity index is 914. The molecule has 0 aliphatic carbocycles. The van der Waals surface area contributed by atoms with Gasteiger partial charge in [0.05, 0.1) is 0 Å². The Morgan fingerprint density at radius 3 is 2.26 bits per heavy atom. The fraction of sp³-hybridized carbons (Fsp3) is 0.308. The van der Waals surface area contributed by atoms with Gasteiger partial charge in [0.1, 0.15) is 18.5 Å². The molecule has 0 aromatic heterocycles. The molecule has 0 amide bonds. The minimum absolute atomic E-state index is 0.0719. The van der Waals surface area contributed by atoms with Crippen LogP contribution in [-0.4, -0.2) is 36.7 Å². The third kappa shape index (κ3) is 7.39. The Kier molecular flexibility index (Phi) is 9.02. The summed E-state index contributed by atoms with van der Waals surface area (Å²) in [5, 5.41) is 13.5. The van der Waals surface area contributed by atoms with Crippen LogP contribution in [0.25, 0.3) is 0 Å². The van der Waals surface area contributed by atoms with Crippen LogP contribution in [0.3, 0.4) is 0 Å².